The van der Waals surface area contributed by atoms with Crippen LogP contribution in [0.4, 0.5) is 5.69 Å². The smallest absolute Gasteiger partial charge is 0.0314 e. The highest BCUT2D eigenvalue weighted by Gasteiger charge is 2.28. The molecular weight excluding hydrogens is 232 g/mol. The van der Waals surface area contributed by atoms with Crippen molar-refractivity contribution in [2.75, 3.05) is 25.4 Å². The van der Waals surface area contributed by atoms with E-state index in [-0.39, 0.29) is 0 Å². The summed E-state index contributed by atoms with van der Waals surface area (Å²) in [6.07, 6.45) is 8.35. The van der Waals surface area contributed by atoms with Crippen molar-refractivity contribution in [3.05, 3.63) is 29.8 Å². The van der Waals surface area contributed by atoms with Crippen LogP contribution in [0.5, 0.6) is 0 Å². The molecule has 2 nitrogen and oxygen atoms in total. The van der Waals surface area contributed by atoms with Crippen molar-refractivity contribution in [2.45, 2.75) is 38.5 Å². The summed E-state index contributed by atoms with van der Waals surface area (Å²) in [7, 11) is 0. The van der Waals surface area contributed by atoms with E-state index in [1.807, 2.05) is 12.1 Å². The standard InChI is InChI=1S/C17H26N2/c18-17-9-7-14(8-10-17)2-1-11-19(12-15-3-4-15)13-16-5-6-16/h7-10,15-16H,1-6,11-13,18H2. The van der Waals surface area contributed by atoms with Gasteiger partial charge in [-0.3, -0.25) is 0 Å². The second-order valence-corrected chi connectivity index (χ2v) is 6.49. The summed E-state index contributed by atoms with van der Waals surface area (Å²) in [6.45, 7) is 3.99. The first-order valence-electron chi connectivity index (χ1n) is 7.86. The fraction of sp³-hybridized carbons (Fsp3) is 0.647. The lowest BCUT2D eigenvalue weighted by Gasteiger charge is -2.22. The van der Waals surface area contributed by atoms with Gasteiger partial charge in [0, 0.05) is 18.8 Å². The van der Waals surface area contributed by atoms with E-state index >= 15 is 0 Å². The maximum atomic E-state index is 5.72. The van der Waals surface area contributed by atoms with Crippen LogP contribution in [0, 0.1) is 11.8 Å². The van der Waals surface area contributed by atoms with E-state index in [4.69, 9.17) is 5.73 Å². The summed E-state index contributed by atoms with van der Waals surface area (Å²) >= 11 is 0. The van der Waals surface area contributed by atoms with E-state index in [9.17, 15) is 0 Å². The largest absolute Gasteiger partial charge is 0.399 e. The highest BCUT2D eigenvalue weighted by atomic mass is 15.1. The molecule has 0 spiro atoms. The van der Waals surface area contributed by atoms with Crippen LogP contribution in [-0.4, -0.2) is 24.5 Å². The van der Waals surface area contributed by atoms with Crippen LogP contribution in [0.1, 0.15) is 37.7 Å². The molecule has 3 rings (SSSR count). The summed E-state index contributed by atoms with van der Waals surface area (Å²) < 4.78 is 0. The van der Waals surface area contributed by atoms with Gasteiger partial charge in [-0.05, 0) is 74.6 Å². The van der Waals surface area contributed by atoms with Crippen molar-refractivity contribution >= 4 is 5.69 Å². The molecule has 2 heteroatoms. The highest BCUT2D eigenvalue weighted by Crippen LogP contribution is 2.33. The molecule has 2 N–H and O–H groups in total. The van der Waals surface area contributed by atoms with Crippen LogP contribution in [-0.2, 0) is 6.42 Å². The van der Waals surface area contributed by atoms with Crippen LogP contribution in [0.15, 0.2) is 24.3 Å². The van der Waals surface area contributed by atoms with Crippen molar-refractivity contribution in [3.63, 3.8) is 0 Å². The van der Waals surface area contributed by atoms with Crippen molar-refractivity contribution in [1.29, 1.82) is 0 Å². The zero-order valence-corrected chi connectivity index (χ0v) is 11.9. The number of nitrogen functional groups attached to an aromatic ring is 1. The molecule has 2 fully saturated rings. The number of hydrogen-bond donors (Lipinski definition) is 1. The molecule has 0 unspecified atom stereocenters. The summed E-state index contributed by atoms with van der Waals surface area (Å²) in [5.74, 6) is 2.05. The molecule has 0 saturated heterocycles. The third-order valence-electron chi connectivity index (χ3n) is 4.35. The fourth-order valence-corrected chi connectivity index (χ4v) is 2.78. The van der Waals surface area contributed by atoms with Crippen molar-refractivity contribution in [3.8, 4) is 0 Å². The molecule has 2 saturated carbocycles. The summed E-state index contributed by atoms with van der Waals surface area (Å²) in [6, 6.07) is 8.37. The molecule has 0 aromatic heterocycles. The van der Waals surface area contributed by atoms with Crippen molar-refractivity contribution in [2.24, 2.45) is 11.8 Å². The third-order valence-corrected chi connectivity index (χ3v) is 4.35. The molecule has 1 aromatic carbocycles. The summed E-state index contributed by atoms with van der Waals surface area (Å²) in [5.41, 5.74) is 8.01. The van der Waals surface area contributed by atoms with Crippen molar-refractivity contribution in [1.82, 2.24) is 4.90 Å². The maximum absolute atomic E-state index is 5.72. The Morgan fingerprint density at radius 1 is 0.947 bits per heavy atom. The first-order chi connectivity index (χ1) is 9.29. The normalized spacial score (nSPS) is 19.0. The van der Waals surface area contributed by atoms with Gasteiger partial charge in [-0.2, -0.15) is 0 Å². The molecule has 0 aliphatic heterocycles. The Labute approximate surface area is 117 Å². The van der Waals surface area contributed by atoms with Crippen LogP contribution < -0.4 is 5.73 Å². The Morgan fingerprint density at radius 3 is 2.05 bits per heavy atom. The number of rotatable bonds is 8. The Bertz CT molecular complexity index is 376. The molecule has 19 heavy (non-hydrogen) atoms. The molecule has 0 heterocycles. The number of aryl methyl sites for hydroxylation is 1. The Kier molecular flexibility index (Phi) is 4.07. The predicted molar refractivity (Wildman–Crippen MR) is 81.1 cm³/mol. The van der Waals surface area contributed by atoms with Gasteiger partial charge in [0.05, 0.1) is 0 Å². The van der Waals surface area contributed by atoms with Gasteiger partial charge in [0.15, 0.2) is 0 Å². The molecule has 2 aliphatic rings. The third kappa shape index (κ3) is 4.54. The zero-order chi connectivity index (χ0) is 13.1. The van der Waals surface area contributed by atoms with Gasteiger partial charge in [0.2, 0.25) is 0 Å². The summed E-state index contributed by atoms with van der Waals surface area (Å²) in [5, 5.41) is 0. The number of nitrogens with two attached hydrogens (primary N) is 1. The van der Waals surface area contributed by atoms with Gasteiger partial charge < -0.3 is 10.6 Å². The quantitative estimate of drug-likeness (QED) is 0.725. The van der Waals surface area contributed by atoms with Gasteiger partial charge in [-0.25, -0.2) is 0 Å². The molecular formula is C17H26N2. The second-order valence-electron chi connectivity index (χ2n) is 6.49. The average Bonchev–Trinajstić information content (AvgIpc) is 3.27. The average molecular weight is 258 g/mol. The van der Waals surface area contributed by atoms with E-state index in [0.29, 0.717) is 0 Å². The van der Waals surface area contributed by atoms with Crippen LogP contribution in [0.25, 0.3) is 0 Å². The molecule has 0 radical (unpaired) electrons. The van der Waals surface area contributed by atoms with Crippen LogP contribution in [0.2, 0.25) is 0 Å². The minimum Gasteiger partial charge on any atom is -0.399 e. The zero-order valence-electron chi connectivity index (χ0n) is 11.9. The van der Waals surface area contributed by atoms with E-state index < -0.39 is 0 Å². The molecule has 2 aliphatic carbocycles. The first-order valence-corrected chi connectivity index (χ1v) is 7.86. The number of anilines is 1. The minimum absolute atomic E-state index is 0.868. The highest BCUT2D eigenvalue weighted by molar-refractivity contribution is 5.39. The van der Waals surface area contributed by atoms with Gasteiger partial charge in [0.1, 0.15) is 0 Å². The monoisotopic (exact) mass is 258 g/mol. The van der Waals surface area contributed by atoms with Gasteiger partial charge in [-0.15, -0.1) is 0 Å². The topological polar surface area (TPSA) is 29.3 Å². The molecule has 1 aromatic rings. The van der Waals surface area contributed by atoms with Crippen molar-refractivity contribution < 1.29 is 0 Å². The lowest BCUT2D eigenvalue weighted by molar-refractivity contribution is 0.249. The molecule has 0 atom stereocenters. The Hall–Kier alpha value is -1.02. The molecule has 0 amide bonds. The number of nitrogens with zero attached hydrogens (tertiary/aromatic N) is 1. The van der Waals surface area contributed by atoms with Crippen LogP contribution >= 0.6 is 0 Å². The maximum Gasteiger partial charge on any atom is 0.0314 e. The SMILES string of the molecule is Nc1ccc(CCCN(CC2CC2)CC2CC2)cc1. The first kappa shape index (κ1) is 13.0. The number of benzene rings is 1. The Morgan fingerprint density at radius 2 is 1.53 bits per heavy atom. The van der Waals surface area contributed by atoms with Gasteiger partial charge in [0.25, 0.3) is 0 Å². The van der Waals surface area contributed by atoms with E-state index in [2.05, 4.69) is 17.0 Å². The minimum atomic E-state index is 0.868. The van der Waals surface area contributed by atoms with Crippen LogP contribution in [0.3, 0.4) is 0 Å². The van der Waals surface area contributed by atoms with Gasteiger partial charge >= 0.3 is 0 Å². The Balaban J connectivity index is 1.41. The van der Waals surface area contributed by atoms with Gasteiger partial charge in [-0.1, -0.05) is 12.1 Å². The number of hydrogen-bond acceptors (Lipinski definition) is 2. The lowest BCUT2D eigenvalue weighted by atomic mass is 10.1. The predicted octanol–water partition coefficient (Wildman–Crippen LogP) is 3.32. The molecule has 104 valence electrons. The lowest BCUT2D eigenvalue weighted by Crippen LogP contribution is -2.29. The second kappa shape index (κ2) is 5.96. The fourth-order valence-electron chi connectivity index (χ4n) is 2.78. The van der Waals surface area contributed by atoms with E-state index in [1.165, 1.54) is 63.7 Å². The van der Waals surface area contributed by atoms with E-state index in [1.54, 1.807) is 0 Å². The molecule has 0 bridgehead atoms. The summed E-state index contributed by atoms with van der Waals surface area (Å²) in [4.78, 5) is 2.73. The van der Waals surface area contributed by atoms with E-state index in [0.717, 1.165) is 17.5 Å².